The van der Waals surface area contributed by atoms with E-state index in [1.807, 2.05) is 47.4 Å². The predicted octanol–water partition coefficient (Wildman–Crippen LogP) is 2.70. The molecule has 1 fully saturated rings. The Bertz CT molecular complexity index is 719. The summed E-state index contributed by atoms with van der Waals surface area (Å²) in [6.07, 6.45) is 1.15. The van der Waals surface area contributed by atoms with E-state index in [1.54, 1.807) is 0 Å². The standard InChI is InChI=1S/C19H22N2O2S/c1-14-2-4-17(5-3-14)23-13-19(22)21-11-16(12-21)20-8-6-18-15(10-20)7-9-24-18/h2-5,7,9,16H,6,8,10-13H2,1H3. The van der Waals surface area contributed by atoms with Crippen LogP contribution in [-0.4, -0.2) is 48.0 Å². The van der Waals surface area contributed by atoms with Crippen molar-refractivity contribution in [2.24, 2.45) is 0 Å². The molecule has 0 unspecified atom stereocenters. The molecule has 1 aromatic heterocycles. The van der Waals surface area contributed by atoms with E-state index in [-0.39, 0.29) is 12.5 Å². The monoisotopic (exact) mass is 342 g/mol. The fourth-order valence-electron chi connectivity index (χ4n) is 3.34. The normalized spacial score (nSPS) is 18.1. The highest BCUT2D eigenvalue weighted by Crippen LogP contribution is 2.27. The Morgan fingerprint density at radius 2 is 2.04 bits per heavy atom. The van der Waals surface area contributed by atoms with Gasteiger partial charge in [-0.3, -0.25) is 9.69 Å². The summed E-state index contributed by atoms with van der Waals surface area (Å²) in [5.41, 5.74) is 2.66. The minimum absolute atomic E-state index is 0.0834. The third-order valence-electron chi connectivity index (χ3n) is 4.95. The molecule has 4 rings (SSSR count). The molecule has 0 bridgehead atoms. The van der Waals surface area contributed by atoms with Crippen LogP contribution in [0.1, 0.15) is 16.0 Å². The minimum atomic E-state index is 0.0834. The predicted molar refractivity (Wildman–Crippen MR) is 95.5 cm³/mol. The third kappa shape index (κ3) is 3.19. The van der Waals surface area contributed by atoms with Gasteiger partial charge in [-0.1, -0.05) is 17.7 Å². The highest BCUT2D eigenvalue weighted by Gasteiger charge is 2.36. The van der Waals surface area contributed by atoms with E-state index in [1.165, 1.54) is 16.0 Å². The molecule has 1 aromatic carbocycles. The fourth-order valence-corrected chi connectivity index (χ4v) is 4.23. The minimum Gasteiger partial charge on any atom is -0.484 e. The van der Waals surface area contributed by atoms with E-state index in [4.69, 9.17) is 4.74 Å². The van der Waals surface area contributed by atoms with Crippen molar-refractivity contribution in [3.05, 3.63) is 51.7 Å². The average molecular weight is 342 g/mol. The van der Waals surface area contributed by atoms with Gasteiger partial charge in [0.25, 0.3) is 5.91 Å². The number of ether oxygens (including phenoxy) is 1. The number of benzene rings is 1. The summed E-state index contributed by atoms with van der Waals surface area (Å²) in [4.78, 5) is 18.2. The lowest BCUT2D eigenvalue weighted by Crippen LogP contribution is -2.62. The molecular formula is C19H22N2O2S. The van der Waals surface area contributed by atoms with Crippen LogP contribution >= 0.6 is 11.3 Å². The van der Waals surface area contributed by atoms with E-state index in [0.29, 0.717) is 6.04 Å². The number of rotatable bonds is 4. The summed E-state index contributed by atoms with van der Waals surface area (Å²) < 4.78 is 5.59. The van der Waals surface area contributed by atoms with E-state index < -0.39 is 0 Å². The number of likely N-dealkylation sites (tertiary alicyclic amines) is 1. The van der Waals surface area contributed by atoms with Gasteiger partial charge in [-0.15, -0.1) is 11.3 Å². The molecule has 0 radical (unpaired) electrons. The SMILES string of the molecule is Cc1ccc(OCC(=O)N2CC(N3CCc4sccc4C3)C2)cc1. The first-order chi connectivity index (χ1) is 11.7. The quantitative estimate of drug-likeness (QED) is 0.856. The first kappa shape index (κ1) is 15.7. The van der Waals surface area contributed by atoms with Gasteiger partial charge in [-0.25, -0.2) is 0 Å². The van der Waals surface area contributed by atoms with Gasteiger partial charge in [-0.05, 0) is 42.5 Å². The van der Waals surface area contributed by atoms with Gasteiger partial charge in [0.1, 0.15) is 5.75 Å². The fraction of sp³-hybridized carbons (Fsp3) is 0.421. The smallest absolute Gasteiger partial charge is 0.260 e. The van der Waals surface area contributed by atoms with E-state index in [9.17, 15) is 4.79 Å². The van der Waals surface area contributed by atoms with Crippen LogP contribution in [0.4, 0.5) is 0 Å². The topological polar surface area (TPSA) is 32.8 Å². The molecule has 0 saturated carbocycles. The molecule has 4 nitrogen and oxygen atoms in total. The Kier molecular flexibility index (Phi) is 4.29. The molecule has 0 spiro atoms. The van der Waals surface area contributed by atoms with Gasteiger partial charge in [-0.2, -0.15) is 0 Å². The van der Waals surface area contributed by atoms with Crippen molar-refractivity contribution in [2.45, 2.75) is 25.9 Å². The number of hydrogen-bond acceptors (Lipinski definition) is 4. The first-order valence-electron chi connectivity index (χ1n) is 8.45. The second kappa shape index (κ2) is 6.57. The highest BCUT2D eigenvalue weighted by molar-refractivity contribution is 7.10. The van der Waals surface area contributed by atoms with Gasteiger partial charge < -0.3 is 9.64 Å². The zero-order valence-corrected chi connectivity index (χ0v) is 14.7. The zero-order chi connectivity index (χ0) is 16.5. The molecule has 5 heteroatoms. The molecule has 2 aliphatic heterocycles. The number of fused-ring (bicyclic) bond motifs is 1. The molecule has 0 aliphatic carbocycles. The van der Waals surface area contributed by atoms with Crippen LogP contribution in [0.25, 0.3) is 0 Å². The van der Waals surface area contributed by atoms with Crippen LogP contribution in [-0.2, 0) is 17.8 Å². The van der Waals surface area contributed by atoms with Crippen LogP contribution in [0.15, 0.2) is 35.7 Å². The number of hydrogen-bond donors (Lipinski definition) is 0. The molecule has 3 heterocycles. The number of amides is 1. The zero-order valence-electron chi connectivity index (χ0n) is 13.9. The number of carbonyl (C=O) groups excluding carboxylic acids is 1. The van der Waals surface area contributed by atoms with Crippen molar-refractivity contribution < 1.29 is 9.53 Å². The maximum atomic E-state index is 12.2. The summed E-state index contributed by atoms with van der Waals surface area (Å²) in [5, 5.41) is 2.19. The summed E-state index contributed by atoms with van der Waals surface area (Å²) in [6, 6.07) is 10.6. The highest BCUT2D eigenvalue weighted by atomic mass is 32.1. The molecule has 2 aromatic rings. The Hall–Kier alpha value is -1.85. The van der Waals surface area contributed by atoms with Gasteiger partial charge in [0.15, 0.2) is 6.61 Å². The Labute approximate surface area is 146 Å². The van der Waals surface area contributed by atoms with Crippen molar-refractivity contribution in [1.82, 2.24) is 9.80 Å². The van der Waals surface area contributed by atoms with Crippen LogP contribution in [0.3, 0.4) is 0 Å². The molecular weight excluding hydrogens is 320 g/mol. The average Bonchev–Trinajstić information content (AvgIpc) is 3.01. The van der Waals surface area contributed by atoms with Crippen LogP contribution in [0.2, 0.25) is 0 Å². The molecule has 1 amide bonds. The molecule has 1 saturated heterocycles. The van der Waals surface area contributed by atoms with Crippen molar-refractivity contribution in [3.8, 4) is 5.75 Å². The lowest BCUT2D eigenvalue weighted by atomic mass is 10.0. The summed E-state index contributed by atoms with van der Waals surface area (Å²) >= 11 is 1.87. The largest absolute Gasteiger partial charge is 0.484 e. The summed E-state index contributed by atoms with van der Waals surface area (Å²) in [7, 11) is 0. The lowest BCUT2D eigenvalue weighted by molar-refractivity contribution is -0.141. The molecule has 24 heavy (non-hydrogen) atoms. The van der Waals surface area contributed by atoms with Crippen molar-refractivity contribution in [1.29, 1.82) is 0 Å². The van der Waals surface area contributed by atoms with E-state index in [0.717, 1.165) is 38.3 Å². The summed E-state index contributed by atoms with van der Waals surface area (Å²) in [5.74, 6) is 0.840. The van der Waals surface area contributed by atoms with Crippen LogP contribution < -0.4 is 4.74 Å². The summed E-state index contributed by atoms with van der Waals surface area (Å²) in [6.45, 7) is 5.97. The first-order valence-corrected chi connectivity index (χ1v) is 9.33. The van der Waals surface area contributed by atoms with E-state index in [2.05, 4.69) is 16.3 Å². The number of nitrogens with zero attached hydrogens (tertiary/aromatic N) is 2. The van der Waals surface area contributed by atoms with Crippen LogP contribution in [0, 0.1) is 6.92 Å². The van der Waals surface area contributed by atoms with Gasteiger partial charge in [0.2, 0.25) is 0 Å². The maximum Gasteiger partial charge on any atom is 0.260 e. The second-order valence-electron chi connectivity index (χ2n) is 6.64. The Balaban J connectivity index is 1.24. The third-order valence-corrected chi connectivity index (χ3v) is 5.97. The van der Waals surface area contributed by atoms with Gasteiger partial charge in [0, 0.05) is 37.1 Å². The van der Waals surface area contributed by atoms with Crippen molar-refractivity contribution in [3.63, 3.8) is 0 Å². The van der Waals surface area contributed by atoms with Gasteiger partial charge >= 0.3 is 0 Å². The second-order valence-corrected chi connectivity index (χ2v) is 7.64. The number of aryl methyl sites for hydroxylation is 1. The molecule has 126 valence electrons. The van der Waals surface area contributed by atoms with E-state index >= 15 is 0 Å². The molecule has 0 atom stereocenters. The van der Waals surface area contributed by atoms with Gasteiger partial charge in [0.05, 0.1) is 0 Å². The van der Waals surface area contributed by atoms with Crippen molar-refractivity contribution in [2.75, 3.05) is 26.2 Å². The molecule has 0 N–H and O–H groups in total. The Morgan fingerprint density at radius 3 is 2.83 bits per heavy atom. The lowest BCUT2D eigenvalue weighted by Gasteiger charge is -2.46. The Morgan fingerprint density at radius 1 is 1.25 bits per heavy atom. The van der Waals surface area contributed by atoms with Crippen LogP contribution in [0.5, 0.6) is 5.75 Å². The maximum absolute atomic E-state index is 12.2. The van der Waals surface area contributed by atoms with Crippen molar-refractivity contribution >= 4 is 17.2 Å². The number of thiophene rings is 1. The molecule has 2 aliphatic rings. The number of carbonyl (C=O) groups is 1.